The molecule has 0 radical (unpaired) electrons. The largest absolute Gasteiger partial charge is 0.449 e. The molecule has 2 aliphatic heterocycles. The number of ether oxygens (including phenoxy) is 1. The van der Waals surface area contributed by atoms with Gasteiger partial charge in [0.15, 0.2) is 10.8 Å². The zero-order chi connectivity index (χ0) is 25.2. The van der Waals surface area contributed by atoms with E-state index in [0.717, 1.165) is 12.1 Å². The van der Waals surface area contributed by atoms with Crippen LogP contribution in [0.25, 0.3) is 5.57 Å². The van der Waals surface area contributed by atoms with Crippen molar-refractivity contribution in [3.05, 3.63) is 74.8 Å². The molecule has 8 nitrogen and oxygen atoms in total. The van der Waals surface area contributed by atoms with E-state index in [4.69, 9.17) is 27.1 Å². The Morgan fingerprint density at radius 3 is 2.89 bits per heavy atom. The molecule has 1 aromatic carbocycles. The van der Waals surface area contributed by atoms with Crippen LogP contribution in [-0.2, 0) is 4.74 Å². The number of hydrogen-bond acceptors (Lipinski definition) is 7. The number of nitrogens with zero attached hydrogens (tertiary/aromatic N) is 5. The number of primary amides is 1. The molecule has 1 unspecified atom stereocenters. The minimum Gasteiger partial charge on any atom is -0.449 e. The summed E-state index contributed by atoms with van der Waals surface area (Å²) in [5, 5.41) is 6.26. The van der Waals surface area contributed by atoms with Crippen molar-refractivity contribution in [3.63, 3.8) is 0 Å². The fraction of sp³-hybridized carbons (Fsp3) is 0.304. The maximum atomic E-state index is 14.5. The highest BCUT2D eigenvalue weighted by atomic mass is 35.5. The lowest BCUT2D eigenvalue weighted by molar-refractivity contribution is 0.0566. The monoisotopic (exact) mass is 534 g/mol. The van der Waals surface area contributed by atoms with Crippen molar-refractivity contribution >= 4 is 40.4 Å². The van der Waals surface area contributed by atoms with Gasteiger partial charge in [0.2, 0.25) is 0 Å². The second-order valence-corrected chi connectivity index (χ2v) is 10.3. The van der Waals surface area contributed by atoms with Gasteiger partial charge in [-0.2, -0.15) is 13.9 Å². The lowest BCUT2D eigenvalue weighted by atomic mass is 9.89. The number of aliphatic imine (C=N–C) groups is 1. The third kappa shape index (κ3) is 3.66. The van der Waals surface area contributed by atoms with Gasteiger partial charge in [0, 0.05) is 46.1 Å². The normalized spacial score (nSPS) is 24.6. The molecule has 2 aromatic heterocycles. The number of halogens is 4. The molecule has 1 amide bonds. The fourth-order valence-electron chi connectivity index (χ4n) is 5.14. The fourth-order valence-corrected chi connectivity index (χ4v) is 5.89. The molecule has 4 heterocycles. The van der Waals surface area contributed by atoms with E-state index >= 15 is 0 Å². The van der Waals surface area contributed by atoms with E-state index in [1.807, 2.05) is 10.3 Å². The number of amidine groups is 1. The van der Waals surface area contributed by atoms with Crippen molar-refractivity contribution in [1.29, 1.82) is 0 Å². The summed E-state index contributed by atoms with van der Waals surface area (Å²) < 4.78 is 47.1. The molecule has 1 saturated carbocycles. The van der Waals surface area contributed by atoms with Crippen LogP contribution in [-0.4, -0.2) is 44.2 Å². The van der Waals surface area contributed by atoms with Gasteiger partial charge in [-0.1, -0.05) is 17.7 Å². The molecule has 186 valence electrons. The number of carbonyl (C=O) groups excluding carboxylic acids is 1. The third-order valence-corrected chi connectivity index (χ3v) is 7.91. The van der Waals surface area contributed by atoms with E-state index in [1.165, 1.54) is 35.9 Å². The van der Waals surface area contributed by atoms with E-state index in [1.54, 1.807) is 12.3 Å². The summed E-state index contributed by atoms with van der Waals surface area (Å²) in [6, 6.07) is 3.62. The number of thiazole rings is 1. The van der Waals surface area contributed by atoms with Crippen LogP contribution in [0.5, 0.6) is 0 Å². The molecule has 3 aromatic rings. The number of nitrogens with two attached hydrogens (primary N) is 1. The summed E-state index contributed by atoms with van der Waals surface area (Å²) in [6.07, 6.45) is 4.62. The summed E-state index contributed by atoms with van der Waals surface area (Å²) in [4.78, 5) is 22.8. The molecule has 3 aliphatic rings. The first-order valence-corrected chi connectivity index (χ1v) is 12.2. The van der Waals surface area contributed by atoms with Gasteiger partial charge in [0.1, 0.15) is 18.5 Å². The van der Waals surface area contributed by atoms with E-state index in [2.05, 4.69) is 10.1 Å². The third-order valence-electron chi connectivity index (χ3n) is 6.83. The predicted molar refractivity (Wildman–Crippen MR) is 126 cm³/mol. The lowest BCUT2D eigenvalue weighted by Gasteiger charge is -2.34. The van der Waals surface area contributed by atoms with Crippen LogP contribution in [0.15, 0.2) is 52.9 Å². The number of rotatable bonds is 6. The molecule has 36 heavy (non-hydrogen) atoms. The van der Waals surface area contributed by atoms with Crippen molar-refractivity contribution in [3.8, 4) is 0 Å². The maximum Gasteiger partial charge on any atom is 0.404 e. The summed E-state index contributed by atoms with van der Waals surface area (Å²) >= 11 is 7.33. The highest BCUT2D eigenvalue weighted by Gasteiger charge is 2.66. The number of amides is 1. The topological polar surface area (TPSA) is 98.6 Å². The first-order chi connectivity index (χ1) is 17.3. The Hall–Kier alpha value is -3.38. The Labute approximate surface area is 211 Å². The van der Waals surface area contributed by atoms with E-state index in [-0.39, 0.29) is 17.7 Å². The van der Waals surface area contributed by atoms with Gasteiger partial charge in [0.05, 0.1) is 11.2 Å². The summed E-state index contributed by atoms with van der Waals surface area (Å²) in [6.45, 7) is -2.71. The van der Waals surface area contributed by atoms with Gasteiger partial charge in [-0.25, -0.2) is 18.9 Å². The average Bonchev–Trinajstić information content (AvgIpc) is 3.30. The van der Waals surface area contributed by atoms with E-state index in [0.29, 0.717) is 38.6 Å². The number of piperidine rings is 1. The molecular formula is C23H18ClF3N6O2S. The molecule has 1 aliphatic carbocycles. The Morgan fingerprint density at radius 1 is 1.39 bits per heavy atom. The van der Waals surface area contributed by atoms with Crippen LogP contribution in [0, 0.1) is 11.2 Å². The van der Waals surface area contributed by atoms with Crippen LogP contribution in [0.4, 0.5) is 18.0 Å². The summed E-state index contributed by atoms with van der Waals surface area (Å²) in [5.41, 5.74) is 7.20. The summed E-state index contributed by atoms with van der Waals surface area (Å²) in [5.74, 6) is -0.0235. The molecule has 2 fully saturated rings. The van der Waals surface area contributed by atoms with Crippen LogP contribution in [0.3, 0.4) is 0 Å². The smallest absolute Gasteiger partial charge is 0.404 e. The van der Waals surface area contributed by atoms with Gasteiger partial charge in [-0.3, -0.25) is 4.99 Å². The Balaban J connectivity index is 1.54. The quantitative estimate of drug-likeness (QED) is 0.480. The SMILES string of the molecule is NC(=O)OC[C@]12CC3=C(c4cnn(C(F)F)c4)[C@H](c4ccc(Cl)c(F)c4)N=C(c4nccs4)N3C1C2. The van der Waals surface area contributed by atoms with Gasteiger partial charge in [0.25, 0.3) is 0 Å². The first-order valence-electron chi connectivity index (χ1n) is 11.0. The molecular weight excluding hydrogens is 517 g/mol. The number of fused-ring (bicyclic) bond motifs is 3. The van der Waals surface area contributed by atoms with Crippen molar-refractivity contribution in [1.82, 2.24) is 19.7 Å². The zero-order valence-electron chi connectivity index (χ0n) is 18.4. The molecule has 0 bridgehead atoms. The van der Waals surface area contributed by atoms with E-state index in [9.17, 15) is 18.0 Å². The molecule has 6 rings (SSSR count). The van der Waals surface area contributed by atoms with Gasteiger partial charge in [-0.15, -0.1) is 11.3 Å². The number of carbonyl (C=O) groups is 1. The number of hydrogen-bond donors (Lipinski definition) is 1. The van der Waals surface area contributed by atoms with Gasteiger partial charge < -0.3 is 15.4 Å². The molecule has 2 N–H and O–H groups in total. The van der Waals surface area contributed by atoms with Gasteiger partial charge >= 0.3 is 12.6 Å². The van der Waals surface area contributed by atoms with Crippen molar-refractivity contribution in [2.45, 2.75) is 31.5 Å². The Kier molecular flexibility index (Phi) is 5.34. The molecule has 0 spiro atoms. The highest BCUT2D eigenvalue weighted by Crippen LogP contribution is 2.64. The highest BCUT2D eigenvalue weighted by molar-refractivity contribution is 7.11. The van der Waals surface area contributed by atoms with Crippen molar-refractivity contribution < 1.29 is 22.7 Å². The average molecular weight is 535 g/mol. The van der Waals surface area contributed by atoms with Crippen LogP contribution >= 0.6 is 22.9 Å². The zero-order valence-corrected chi connectivity index (χ0v) is 20.0. The molecule has 13 heteroatoms. The van der Waals surface area contributed by atoms with E-state index < -0.39 is 29.9 Å². The second kappa shape index (κ2) is 8.34. The van der Waals surface area contributed by atoms with Crippen LogP contribution in [0.2, 0.25) is 5.02 Å². The van der Waals surface area contributed by atoms with Gasteiger partial charge in [-0.05, 0) is 30.5 Å². The predicted octanol–water partition coefficient (Wildman–Crippen LogP) is 5.00. The summed E-state index contributed by atoms with van der Waals surface area (Å²) in [7, 11) is 0. The number of benzene rings is 1. The van der Waals surface area contributed by atoms with Crippen molar-refractivity contribution in [2.24, 2.45) is 16.1 Å². The number of aromatic nitrogens is 3. The number of alkyl halides is 2. The Bertz CT molecular complexity index is 1420. The van der Waals surface area contributed by atoms with Crippen LogP contribution < -0.4 is 5.73 Å². The molecule has 3 atom stereocenters. The Morgan fingerprint density at radius 2 is 2.22 bits per heavy atom. The first kappa shape index (κ1) is 23.0. The number of allylic oxidation sites excluding steroid dienone is 1. The minimum atomic E-state index is -2.82. The minimum absolute atomic E-state index is 0.0373. The molecule has 1 saturated heterocycles. The van der Waals surface area contributed by atoms with Crippen LogP contribution in [0.1, 0.15) is 41.6 Å². The maximum absolute atomic E-state index is 14.5. The second-order valence-electron chi connectivity index (χ2n) is 8.95. The van der Waals surface area contributed by atoms with Crippen molar-refractivity contribution in [2.75, 3.05) is 6.61 Å². The standard InChI is InChI=1S/C23H18ClF3N6O2S/c24-13-2-1-11(5-14(13)25)18-17(12-8-30-32(9-12)21(26)27)15-6-23(10-35-22(28)34)7-16(23)33(15)19(31-18)20-29-3-4-36-20/h1-5,8-9,16,18,21H,6-7,10H2,(H2,28,34)/t16?,18-,23+/m0/s1. The lowest BCUT2D eigenvalue weighted by Crippen LogP contribution is -2.35.